The lowest BCUT2D eigenvalue weighted by Gasteiger charge is -2.34. The topological polar surface area (TPSA) is 73.4 Å². The van der Waals surface area contributed by atoms with E-state index in [1.165, 1.54) is 0 Å². The van der Waals surface area contributed by atoms with Crippen LogP contribution in [0.3, 0.4) is 0 Å². The summed E-state index contributed by atoms with van der Waals surface area (Å²) >= 11 is 9.95. The van der Waals surface area contributed by atoms with Gasteiger partial charge in [0, 0.05) is 69.4 Å². The first kappa shape index (κ1) is 30.8. The lowest BCUT2D eigenvalue weighted by atomic mass is 9.94. The number of likely N-dealkylation sites (tertiary alicyclic amines) is 3. The fourth-order valence-electron chi connectivity index (χ4n) is 6.72. The van der Waals surface area contributed by atoms with Crippen LogP contribution in [0.5, 0.6) is 5.75 Å². The van der Waals surface area contributed by atoms with Crippen LogP contribution in [0, 0.1) is 24.7 Å². The maximum Gasteiger partial charge on any atom is 0.257 e. The summed E-state index contributed by atoms with van der Waals surface area (Å²) in [6.07, 6.45) is 2.22. The molecule has 0 spiro atoms. The van der Waals surface area contributed by atoms with Crippen LogP contribution in [0.1, 0.15) is 42.1 Å². The summed E-state index contributed by atoms with van der Waals surface area (Å²) in [6.45, 7) is 9.72. The first-order chi connectivity index (χ1) is 20.2. The van der Waals surface area contributed by atoms with E-state index in [2.05, 4.69) is 20.8 Å². The maximum atomic E-state index is 13.8. The van der Waals surface area contributed by atoms with E-state index < -0.39 is 0 Å². The van der Waals surface area contributed by atoms with Crippen LogP contribution in [0.25, 0.3) is 0 Å². The van der Waals surface area contributed by atoms with Crippen LogP contribution in [0.4, 0.5) is 5.69 Å². The van der Waals surface area contributed by atoms with Crippen molar-refractivity contribution >= 4 is 50.9 Å². The molecule has 2 unspecified atom stereocenters. The number of rotatable bonds is 8. The quantitative estimate of drug-likeness (QED) is 0.394. The number of para-hydroxylation sites is 1. The third-order valence-electron chi connectivity index (χ3n) is 9.13. The molecule has 0 saturated carbocycles. The van der Waals surface area contributed by atoms with Gasteiger partial charge in [-0.05, 0) is 90.3 Å². The lowest BCUT2D eigenvalue weighted by molar-refractivity contribution is -0.133. The molecule has 0 N–H and O–H groups in total. The molecule has 0 aromatic heterocycles. The lowest BCUT2D eigenvalue weighted by Crippen LogP contribution is -2.44. The Hall–Kier alpha value is -2.62. The monoisotopic (exact) mass is 658 g/mol. The van der Waals surface area contributed by atoms with Gasteiger partial charge in [0.05, 0.1) is 17.1 Å². The number of hydrogen-bond donors (Lipinski definition) is 0. The number of anilines is 1. The first-order valence-corrected chi connectivity index (χ1v) is 16.0. The highest BCUT2D eigenvalue weighted by Crippen LogP contribution is 2.35. The average Bonchev–Trinajstić information content (AvgIpc) is 3.55. The number of fused-ring (bicyclic) bond motifs is 1. The minimum Gasteiger partial charge on any atom is -0.495 e. The summed E-state index contributed by atoms with van der Waals surface area (Å²) in [5, 5.41) is 0.656. The number of halogens is 2. The fourth-order valence-corrected chi connectivity index (χ4v) is 7.43. The van der Waals surface area contributed by atoms with Gasteiger partial charge in [-0.3, -0.25) is 14.4 Å². The number of nitrogens with zero attached hydrogens (tertiary/aromatic N) is 4. The van der Waals surface area contributed by atoms with Gasteiger partial charge in [0.2, 0.25) is 11.8 Å². The molecule has 3 saturated heterocycles. The molecule has 0 aliphatic carbocycles. The third kappa shape index (κ3) is 6.63. The third-order valence-corrected chi connectivity index (χ3v) is 10.2. The molecule has 3 heterocycles. The van der Waals surface area contributed by atoms with Gasteiger partial charge in [-0.2, -0.15) is 0 Å². The molecule has 0 bridgehead atoms. The van der Waals surface area contributed by atoms with Crippen LogP contribution < -0.4 is 9.64 Å². The molecule has 226 valence electrons. The molecule has 3 fully saturated rings. The molecule has 2 aromatic carbocycles. The molecular weight excluding hydrogens is 620 g/mol. The van der Waals surface area contributed by atoms with Gasteiger partial charge in [-0.1, -0.05) is 23.7 Å². The number of aryl methyl sites for hydroxylation is 1. The van der Waals surface area contributed by atoms with E-state index >= 15 is 0 Å². The Labute approximate surface area is 262 Å². The maximum absolute atomic E-state index is 13.8. The van der Waals surface area contributed by atoms with Gasteiger partial charge in [-0.25, -0.2) is 0 Å². The number of carbonyl (C=O) groups is 3. The number of benzene rings is 2. The van der Waals surface area contributed by atoms with Crippen LogP contribution >= 0.6 is 27.5 Å². The Morgan fingerprint density at radius 1 is 1.02 bits per heavy atom. The summed E-state index contributed by atoms with van der Waals surface area (Å²) in [5.74, 6) is 1.60. The SMILES string of the molecule is COc1c(Br)cccc1C(=O)N1CC2CN(CCCN(C(=O)C3CCN(C(C)=O)CC3)c3ccc(C)c(Cl)c3)CC2C1. The molecule has 42 heavy (non-hydrogen) atoms. The fraction of sp³-hybridized carbons (Fsp3) is 0.531. The molecule has 3 aliphatic heterocycles. The van der Waals surface area contributed by atoms with Crippen molar-refractivity contribution < 1.29 is 19.1 Å². The summed E-state index contributed by atoms with van der Waals surface area (Å²) in [4.78, 5) is 47.0. The Morgan fingerprint density at radius 3 is 2.33 bits per heavy atom. The molecule has 10 heteroatoms. The highest BCUT2D eigenvalue weighted by Gasteiger charge is 2.42. The summed E-state index contributed by atoms with van der Waals surface area (Å²) in [5.41, 5.74) is 2.41. The van der Waals surface area contributed by atoms with Crippen molar-refractivity contribution in [3.63, 3.8) is 0 Å². The van der Waals surface area contributed by atoms with E-state index in [-0.39, 0.29) is 23.6 Å². The van der Waals surface area contributed by atoms with Crippen LogP contribution in [-0.2, 0) is 9.59 Å². The zero-order chi connectivity index (χ0) is 30.0. The smallest absolute Gasteiger partial charge is 0.257 e. The molecule has 8 nitrogen and oxygen atoms in total. The standard InChI is InChI=1S/C32H40BrClN4O4/c1-21-8-9-26(16-29(21)34)38(31(40)23-10-14-36(15-11-23)22(2)39)13-5-12-35-17-24-19-37(20-25(24)18-35)32(41)27-6-4-7-28(33)30(27)42-3/h4,6-9,16,23-25H,5,10-15,17-20H2,1-3H3. The van der Waals surface area contributed by atoms with Crippen molar-refractivity contribution in [2.24, 2.45) is 17.8 Å². The summed E-state index contributed by atoms with van der Waals surface area (Å²) in [7, 11) is 1.59. The van der Waals surface area contributed by atoms with Crippen LogP contribution in [0.2, 0.25) is 5.02 Å². The number of ether oxygens (including phenoxy) is 1. The van der Waals surface area contributed by atoms with Gasteiger partial charge >= 0.3 is 0 Å². The zero-order valence-corrected chi connectivity index (χ0v) is 27.0. The molecule has 5 rings (SSSR count). The predicted octanol–water partition coefficient (Wildman–Crippen LogP) is 5.11. The van der Waals surface area contributed by atoms with E-state index in [0.29, 0.717) is 60.6 Å². The molecule has 0 radical (unpaired) electrons. The second-order valence-electron chi connectivity index (χ2n) is 11.9. The highest BCUT2D eigenvalue weighted by atomic mass is 79.9. The van der Waals surface area contributed by atoms with Crippen LogP contribution in [0.15, 0.2) is 40.9 Å². The molecular formula is C32H40BrClN4O4. The van der Waals surface area contributed by atoms with E-state index in [1.54, 1.807) is 14.0 Å². The highest BCUT2D eigenvalue weighted by molar-refractivity contribution is 9.10. The van der Waals surface area contributed by atoms with E-state index in [4.69, 9.17) is 16.3 Å². The Morgan fingerprint density at radius 2 is 1.71 bits per heavy atom. The van der Waals surface area contributed by atoms with Gasteiger partial charge < -0.3 is 24.3 Å². The van der Waals surface area contributed by atoms with Crippen molar-refractivity contribution in [1.82, 2.24) is 14.7 Å². The minimum absolute atomic E-state index is 0.0224. The van der Waals surface area contributed by atoms with Crippen molar-refractivity contribution in [2.45, 2.75) is 33.1 Å². The van der Waals surface area contributed by atoms with Crippen molar-refractivity contribution in [3.05, 3.63) is 57.0 Å². The zero-order valence-electron chi connectivity index (χ0n) is 24.7. The predicted molar refractivity (Wildman–Crippen MR) is 168 cm³/mol. The van der Waals surface area contributed by atoms with Crippen molar-refractivity contribution in [3.8, 4) is 5.75 Å². The Bertz CT molecular complexity index is 1320. The number of carbonyl (C=O) groups excluding carboxylic acids is 3. The summed E-state index contributed by atoms with van der Waals surface area (Å²) in [6, 6.07) is 11.4. The molecule has 2 atom stereocenters. The van der Waals surface area contributed by atoms with Gasteiger partial charge in [0.1, 0.15) is 5.75 Å². The second kappa shape index (κ2) is 13.3. The van der Waals surface area contributed by atoms with E-state index in [9.17, 15) is 14.4 Å². The van der Waals surface area contributed by atoms with Crippen molar-refractivity contribution in [2.75, 3.05) is 64.4 Å². The minimum atomic E-state index is -0.0980. The average molecular weight is 660 g/mol. The van der Waals surface area contributed by atoms with Gasteiger partial charge in [0.15, 0.2) is 0 Å². The number of piperidine rings is 1. The van der Waals surface area contributed by atoms with Crippen molar-refractivity contribution in [1.29, 1.82) is 0 Å². The normalized spacial score (nSPS) is 21.0. The van der Waals surface area contributed by atoms with E-state index in [0.717, 1.165) is 54.9 Å². The number of methoxy groups -OCH3 is 1. The Balaban J connectivity index is 1.17. The first-order valence-electron chi connectivity index (χ1n) is 14.8. The number of amides is 3. The Kier molecular flexibility index (Phi) is 9.80. The molecule has 3 aliphatic rings. The summed E-state index contributed by atoms with van der Waals surface area (Å²) < 4.78 is 6.27. The van der Waals surface area contributed by atoms with Gasteiger partial charge in [0.25, 0.3) is 5.91 Å². The number of hydrogen-bond acceptors (Lipinski definition) is 5. The van der Waals surface area contributed by atoms with Crippen LogP contribution in [-0.4, -0.2) is 91.9 Å². The van der Waals surface area contributed by atoms with E-state index in [1.807, 2.05) is 58.0 Å². The van der Waals surface area contributed by atoms with Gasteiger partial charge in [-0.15, -0.1) is 0 Å². The second-order valence-corrected chi connectivity index (χ2v) is 13.1. The largest absolute Gasteiger partial charge is 0.495 e. The molecule has 3 amide bonds. The molecule has 2 aromatic rings.